The number of aromatic nitrogens is 5. The molecule has 0 bridgehead atoms. The Morgan fingerprint density at radius 3 is 2.64 bits per heavy atom. The van der Waals surface area contributed by atoms with Gasteiger partial charge in [0.1, 0.15) is 29.2 Å². The topological polar surface area (TPSA) is 88.5 Å². The molecule has 0 spiro atoms. The predicted molar refractivity (Wildman–Crippen MR) is 123 cm³/mol. The highest BCUT2D eigenvalue weighted by Crippen LogP contribution is 2.31. The molecule has 2 aromatic carbocycles. The maximum absolute atomic E-state index is 14.9. The first kappa shape index (κ1) is 21.0. The summed E-state index contributed by atoms with van der Waals surface area (Å²) in [5.74, 6) is -1.31. The number of halogens is 3. The molecular formula is C23H17ClF2N6O. The second-order valence-corrected chi connectivity index (χ2v) is 7.82. The summed E-state index contributed by atoms with van der Waals surface area (Å²) in [7, 11) is 0. The first-order chi connectivity index (χ1) is 16.0. The molecule has 5 aromatic rings. The van der Waals surface area contributed by atoms with Crippen molar-refractivity contribution in [3.05, 3.63) is 87.8 Å². The molecule has 0 radical (unpaired) electrons. The van der Waals surface area contributed by atoms with Crippen molar-refractivity contribution in [1.82, 2.24) is 24.5 Å². The minimum atomic E-state index is -0.865. The fraction of sp³-hybridized carbons (Fsp3) is 0.130. The van der Waals surface area contributed by atoms with Crippen LogP contribution in [0.5, 0.6) is 0 Å². The number of H-pyrrole nitrogens is 1. The van der Waals surface area contributed by atoms with Crippen LogP contribution in [0.4, 0.5) is 14.6 Å². The molecule has 33 heavy (non-hydrogen) atoms. The Labute approximate surface area is 191 Å². The van der Waals surface area contributed by atoms with E-state index in [1.54, 1.807) is 24.3 Å². The number of nitrogens with one attached hydrogen (secondary N) is 2. The lowest BCUT2D eigenvalue weighted by Gasteiger charge is -2.24. The fourth-order valence-electron chi connectivity index (χ4n) is 3.95. The second-order valence-electron chi connectivity index (χ2n) is 7.41. The van der Waals surface area contributed by atoms with E-state index in [9.17, 15) is 13.6 Å². The minimum absolute atomic E-state index is 0.178. The van der Waals surface area contributed by atoms with E-state index in [1.807, 2.05) is 6.92 Å². The van der Waals surface area contributed by atoms with E-state index < -0.39 is 28.9 Å². The highest BCUT2D eigenvalue weighted by molar-refractivity contribution is 6.35. The molecule has 5 rings (SSSR count). The number of hydrogen-bond donors (Lipinski definition) is 2. The van der Waals surface area contributed by atoms with Gasteiger partial charge < -0.3 is 10.3 Å². The van der Waals surface area contributed by atoms with E-state index in [-0.39, 0.29) is 10.4 Å². The number of pyridine rings is 1. The summed E-state index contributed by atoms with van der Waals surface area (Å²) in [6.07, 6.45) is 3.34. The average Bonchev–Trinajstić information content (AvgIpc) is 3.28. The lowest BCUT2D eigenvalue weighted by Crippen LogP contribution is -2.28. The van der Waals surface area contributed by atoms with Gasteiger partial charge in [0.2, 0.25) is 0 Å². The monoisotopic (exact) mass is 466 g/mol. The van der Waals surface area contributed by atoms with Gasteiger partial charge in [-0.25, -0.2) is 23.7 Å². The van der Waals surface area contributed by atoms with Crippen LogP contribution in [0.15, 0.2) is 59.9 Å². The predicted octanol–water partition coefficient (Wildman–Crippen LogP) is 5.15. The molecular weight excluding hydrogens is 450 g/mol. The molecule has 0 saturated heterocycles. The molecule has 7 nitrogen and oxygen atoms in total. The molecule has 10 heteroatoms. The molecule has 0 aliphatic carbocycles. The zero-order chi connectivity index (χ0) is 23.1. The summed E-state index contributed by atoms with van der Waals surface area (Å²) in [4.78, 5) is 29.1. The maximum Gasteiger partial charge on any atom is 0.264 e. The van der Waals surface area contributed by atoms with Crippen LogP contribution in [0.3, 0.4) is 0 Å². The standard InChI is InChI=1S/C23H17ClF2N6O/c1-2-16(31-22-19-21(28-10-27-19)29-11-30-22)17-9-12-5-3-6-13(24)18(12)23(33)32(17)20-14(25)7-4-8-15(20)26/h3-11,16H,2H2,1H3,(H2,27,28,29,30,31). The molecule has 0 amide bonds. The van der Waals surface area contributed by atoms with Crippen molar-refractivity contribution in [1.29, 1.82) is 0 Å². The van der Waals surface area contributed by atoms with Crippen molar-refractivity contribution in [2.75, 3.05) is 5.32 Å². The van der Waals surface area contributed by atoms with E-state index in [0.717, 1.165) is 16.7 Å². The Balaban J connectivity index is 1.79. The Hall–Kier alpha value is -3.85. The largest absolute Gasteiger partial charge is 0.360 e. The summed E-state index contributed by atoms with van der Waals surface area (Å²) in [6.45, 7) is 1.88. The Bertz CT molecular complexity index is 1540. The number of nitrogens with zero attached hydrogens (tertiary/aromatic N) is 4. The second kappa shape index (κ2) is 8.25. The SMILES string of the molecule is CCC(Nc1ncnc2[nH]cnc12)c1cc2cccc(Cl)c2c(=O)n1-c1c(F)cccc1F. The third-order valence-electron chi connectivity index (χ3n) is 5.48. The number of anilines is 1. The van der Waals surface area contributed by atoms with Crippen LogP contribution >= 0.6 is 11.6 Å². The molecule has 166 valence electrons. The van der Waals surface area contributed by atoms with Crippen molar-refractivity contribution < 1.29 is 8.78 Å². The first-order valence-electron chi connectivity index (χ1n) is 10.2. The van der Waals surface area contributed by atoms with Crippen LogP contribution in [-0.4, -0.2) is 24.5 Å². The van der Waals surface area contributed by atoms with Crippen LogP contribution < -0.4 is 10.9 Å². The maximum atomic E-state index is 14.9. The number of benzene rings is 2. The van der Waals surface area contributed by atoms with Gasteiger partial charge in [-0.05, 0) is 36.1 Å². The van der Waals surface area contributed by atoms with Crippen LogP contribution in [0, 0.1) is 11.6 Å². The van der Waals surface area contributed by atoms with Crippen molar-refractivity contribution in [2.45, 2.75) is 19.4 Å². The van der Waals surface area contributed by atoms with Crippen molar-refractivity contribution in [2.24, 2.45) is 0 Å². The van der Waals surface area contributed by atoms with Crippen LogP contribution in [-0.2, 0) is 0 Å². The number of aromatic amines is 1. The third-order valence-corrected chi connectivity index (χ3v) is 5.79. The summed E-state index contributed by atoms with van der Waals surface area (Å²) in [6, 6.07) is 9.64. The minimum Gasteiger partial charge on any atom is -0.360 e. The van der Waals surface area contributed by atoms with Crippen LogP contribution in [0.25, 0.3) is 27.6 Å². The van der Waals surface area contributed by atoms with Gasteiger partial charge in [-0.2, -0.15) is 0 Å². The fourth-order valence-corrected chi connectivity index (χ4v) is 4.21. The molecule has 1 unspecified atom stereocenters. The highest BCUT2D eigenvalue weighted by Gasteiger charge is 2.24. The number of para-hydroxylation sites is 1. The van der Waals surface area contributed by atoms with Gasteiger partial charge in [0.05, 0.1) is 22.8 Å². The normalized spacial score (nSPS) is 12.4. The third kappa shape index (κ3) is 3.50. The molecule has 1 atom stereocenters. The van der Waals surface area contributed by atoms with Gasteiger partial charge in [-0.3, -0.25) is 9.36 Å². The number of imidazole rings is 1. The summed E-state index contributed by atoms with van der Waals surface area (Å²) < 4.78 is 30.8. The molecule has 3 aromatic heterocycles. The van der Waals surface area contributed by atoms with E-state index in [2.05, 4.69) is 25.3 Å². The summed E-state index contributed by atoms with van der Waals surface area (Å²) in [5, 5.41) is 4.19. The Kier molecular flexibility index (Phi) is 5.26. The average molecular weight is 467 g/mol. The quantitative estimate of drug-likeness (QED) is 0.374. The van der Waals surface area contributed by atoms with E-state index >= 15 is 0 Å². The van der Waals surface area contributed by atoms with Crippen molar-refractivity contribution in [3.8, 4) is 5.69 Å². The molecule has 0 saturated carbocycles. The zero-order valence-electron chi connectivity index (χ0n) is 17.3. The molecule has 0 fully saturated rings. The van der Waals surface area contributed by atoms with Gasteiger partial charge in [-0.15, -0.1) is 0 Å². The molecule has 0 aliphatic heterocycles. The molecule has 3 heterocycles. The summed E-state index contributed by atoms with van der Waals surface area (Å²) in [5.41, 5.74) is 0.302. The van der Waals surface area contributed by atoms with Crippen LogP contribution in [0.2, 0.25) is 5.02 Å². The number of hydrogen-bond acceptors (Lipinski definition) is 5. The van der Waals surface area contributed by atoms with Crippen molar-refractivity contribution >= 4 is 39.4 Å². The van der Waals surface area contributed by atoms with Gasteiger partial charge in [-0.1, -0.05) is 36.7 Å². The van der Waals surface area contributed by atoms with Gasteiger partial charge >= 0.3 is 0 Å². The Morgan fingerprint density at radius 1 is 1.12 bits per heavy atom. The van der Waals surface area contributed by atoms with Gasteiger partial charge in [0.25, 0.3) is 5.56 Å². The van der Waals surface area contributed by atoms with E-state index in [4.69, 9.17) is 11.6 Å². The number of rotatable bonds is 5. The zero-order valence-corrected chi connectivity index (χ0v) is 18.1. The van der Waals surface area contributed by atoms with Gasteiger partial charge in [0, 0.05) is 5.69 Å². The van der Waals surface area contributed by atoms with Crippen molar-refractivity contribution in [3.63, 3.8) is 0 Å². The van der Waals surface area contributed by atoms with Gasteiger partial charge in [0.15, 0.2) is 11.5 Å². The highest BCUT2D eigenvalue weighted by atomic mass is 35.5. The lowest BCUT2D eigenvalue weighted by atomic mass is 10.0. The number of fused-ring (bicyclic) bond motifs is 2. The summed E-state index contributed by atoms with van der Waals surface area (Å²) >= 11 is 6.30. The molecule has 0 aliphatic rings. The van der Waals surface area contributed by atoms with E-state index in [1.165, 1.54) is 18.7 Å². The smallest absolute Gasteiger partial charge is 0.264 e. The lowest BCUT2D eigenvalue weighted by molar-refractivity contribution is 0.558. The Morgan fingerprint density at radius 2 is 1.88 bits per heavy atom. The van der Waals surface area contributed by atoms with Crippen LogP contribution in [0.1, 0.15) is 25.1 Å². The van der Waals surface area contributed by atoms with E-state index in [0.29, 0.717) is 34.5 Å². The molecule has 2 N–H and O–H groups in total. The first-order valence-corrected chi connectivity index (χ1v) is 10.6.